The monoisotopic (exact) mass is 498 g/mol. The number of methoxy groups -OCH3 is 1. The van der Waals surface area contributed by atoms with Crippen LogP contribution in [0, 0.1) is 6.92 Å². The molecule has 2 aromatic carbocycles. The molecule has 0 fully saturated rings. The molecule has 1 amide bonds. The van der Waals surface area contributed by atoms with Crippen LogP contribution in [-0.4, -0.2) is 44.4 Å². The molecule has 0 saturated heterocycles. The van der Waals surface area contributed by atoms with Gasteiger partial charge in [0.25, 0.3) is 10.0 Å². The van der Waals surface area contributed by atoms with E-state index < -0.39 is 22.5 Å². The molecule has 0 atom stereocenters. The Morgan fingerprint density at radius 2 is 1.94 bits per heavy atom. The fourth-order valence-corrected chi connectivity index (χ4v) is 5.45. The maximum absolute atomic E-state index is 13.4. The summed E-state index contributed by atoms with van der Waals surface area (Å²) in [5.41, 5.74) is 1.14. The van der Waals surface area contributed by atoms with E-state index in [-0.39, 0.29) is 20.7 Å². The molecule has 0 radical (unpaired) electrons. The van der Waals surface area contributed by atoms with E-state index >= 15 is 0 Å². The van der Waals surface area contributed by atoms with Crippen molar-refractivity contribution in [1.82, 2.24) is 10.2 Å². The van der Waals surface area contributed by atoms with Crippen LogP contribution in [0.3, 0.4) is 0 Å². The highest BCUT2D eigenvalue weighted by Crippen LogP contribution is 2.32. The fraction of sp³-hybridized carbons (Fsp3) is 0.211. The van der Waals surface area contributed by atoms with Crippen LogP contribution < -0.4 is 14.4 Å². The van der Waals surface area contributed by atoms with Gasteiger partial charge < -0.3 is 4.74 Å². The Bertz CT molecular complexity index is 1180. The molecule has 0 aliphatic carbocycles. The minimum atomic E-state index is -4.06. The van der Waals surface area contributed by atoms with E-state index in [2.05, 4.69) is 15.5 Å². The highest BCUT2D eigenvalue weighted by Gasteiger charge is 2.28. The number of rotatable bonds is 8. The van der Waals surface area contributed by atoms with Crippen LogP contribution in [0.2, 0.25) is 5.02 Å². The number of aromatic nitrogens is 2. The maximum atomic E-state index is 13.4. The van der Waals surface area contributed by atoms with Crippen LogP contribution in [0.4, 0.5) is 10.8 Å². The fourth-order valence-electron chi connectivity index (χ4n) is 2.59. The first-order valence-corrected chi connectivity index (χ1v) is 12.7. The summed E-state index contributed by atoms with van der Waals surface area (Å²) in [6, 6.07) is 10.9. The molecule has 0 saturated carbocycles. The summed E-state index contributed by atoms with van der Waals surface area (Å²) in [6.07, 6.45) is 1.84. The Morgan fingerprint density at radius 3 is 2.52 bits per heavy atom. The van der Waals surface area contributed by atoms with Gasteiger partial charge in [0.05, 0.1) is 22.7 Å². The lowest BCUT2D eigenvalue weighted by Crippen LogP contribution is -2.38. The summed E-state index contributed by atoms with van der Waals surface area (Å²) in [6.45, 7) is 1.38. The Balaban J connectivity index is 1.96. The Morgan fingerprint density at radius 1 is 1.23 bits per heavy atom. The van der Waals surface area contributed by atoms with Crippen LogP contribution >= 0.6 is 34.7 Å². The van der Waals surface area contributed by atoms with E-state index in [0.717, 1.165) is 9.87 Å². The van der Waals surface area contributed by atoms with E-state index in [1.807, 2.05) is 13.2 Å². The highest BCUT2D eigenvalue weighted by molar-refractivity contribution is 8.00. The van der Waals surface area contributed by atoms with Crippen LogP contribution in [-0.2, 0) is 14.8 Å². The maximum Gasteiger partial charge on any atom is 0.264 e. The van der Waals surface area contributed by atoms with E-state index in [1.165, 1.54) is 54.5 Å². The molecule has 1 heterocycles. The molecule has 3 aromatic rings. The molecular weight excluding hydrogens is 480 g/mol. The first-order valence-electron chi connectivity index (χ1n) is 8.85. The second-order valence-electron chi connectivity index (χ2n) is 6.27. The molecule has 12 heteroatoms. The number of halogens is 1. The number of carbonyl (C=O) groups is 1. The molecule has 1 aromatic heterocycles. The zero-order chi connectivity index (χ0) is 22.6. The first-order chi connectivity index (χ1) is 14.7. The number of thioether (sulfide) groups is 1. The molecule has 0 spiro atoms. The lowest BCUT2D eigenvalue weighted by Gasteiger charge is -2.24. The summed E-state index contributed by atoms with van der Waals surface area (Å²) in [7, 11) is -2.60. The van der Waals surface area contributed by atoms with Crippen molar-refractivity contribution in [2.75, 3.05) is 29.5 Å². The van der Waals surface area contributed by atoms with Crippen molar-refractivity contribution in [2.45, 2.75) is 16.2 Å². The molecule has 1 N–H and O–H groups in total. The van der Waals surface area contributed by atoms with Gasteiger partial charge in [-0.1, -0.05) is 52.4 Å². The number of sulfonamides is 1. The molecule has 0 bridgehead atoms. The summed E-state index contributed by atoms with van der Waals surface area (Å²) < 4.78 is 33.6. The number of nitrogens with one attached hydrogen (secondary N) is 1. The van der Waals surface area contributed by atoms with Gasteiger partial charge in [0.1, 0.15) is 12.3 Å². The molecular formula is C19H19ClN4O4S3. The SMILES string of the molecule is COc1ccc(N(CC(=O)Nc2nnc(SC)s2)S(=O)(=O)c2ccc(C)cc2)cc1Cl. The van der Waals surface area contributed by atoms with Gasteiger partial charge in [0.2, 0.25) is 11.0 Å². The second-order valence-corrected chi connectivity index (χ2v) is 10.6. The zero-order valence-electron chi connectivity index (χ0n) is 16.8. The van der Waals surface area contributed by atoms with Gasteiger partial charge in [0, 0.05) is 0 Å². The van der Waals surface area contributed by atoms with Crippen molar-refractivity contribution in [3.05, 3.63) is 53.1 Å². The largest absolute Gasteiger partial charge is 0.495 e. The van der Waals surface area contributed by atoms with Crippen molar-refractivity contribution < 1.29 is 17.9 Å². The van der Waals surface area contributed by atoms with Gasteiger partial charge in [-0.15, -0.1) is 10.2 Å². The third kappa shape index (κ3) is 5.48. The van der Waals surface area contributed by atoms with Crippen LogP contribution in [0.25, 0.3) is 0 Å². The van der Waals surface area contributed by atoms with Gasteiger partial charge in [0.15, 0.2) is 4.34 Å². The third-order valence-electron chi connectivity index (χ3n) is 4.15. The van der Waals surface area contributed by atoms with Crippen LogP contribution in [0.15, 0.2) is 51.7 Å². The number of nitrogens with zero attached hydrogens (tertiary/aromatic N) is 3. The standard InChI is InChI=1S/C19H19ClN4O4S3/c1-12-4-7-14(8-5-12)31(26,27)24(13-6-9-16(28-2)15(20)10-13)11-17(25)21-18-22-23-19(29-3)30-18/h4-10H,11H2,1-3H3,(H,21,22,25). The summed E-state index contributed by atoms with van der Waals surface area (Å²) in [4.78, 5) is 12.7. The molecule has 8 nitrogen and oxygen atoms in total. The smallest absolute Gasteiger partial charge is 0.264 e. The number of hydrogen-bond acceptors (Lipinski definition) is 8. The lowest BCUT2D eigenvalue weighted by molar-refractivity contribution is -0.114. The van der Waals surface area contributed by atoms with E-state index in [0.29, 0.717) is 10.1 Å². The van der Waals surface area contributed by atoms with Crippen LogP contribution in [0.1, 0.15) is 5.56 Å². The van der Waals surface area contributed by atoms with Crippen LogP contribution in [0.5, 0.6) is 5.75 Å². The van der Waals surface area contributed by atoms with Crippen molar-refractivity contribution in [3.8, 4) is 5.75 Å². The molecule has 0 aliphatic rings. The Hall–Kier alpha value is -2.34. The van der Waals surface area contributed by atoms with Gasteiger partial charge in [-0.25, -0.2) is 8.42 Å². The quantitative estimate of drug-likeness (QED) is 0.369. The summed E-state index contributed by atoms with van der Waals surface area (Å²) >= 11 is 8.81. The Labute approximate surface area is 193 Å². The predicted molar refractivity (Wildman–Crippen MR) is 124 cm³/mol. The number of aryl methyl sites for hydroxylation is 1. The van der Waals surface area contributed by atoms with Crippen molar-refractivity contribution >= 4 is 61.4 Å². The molecule has 31 heavy (non-hydrogen) atoms. The molecule has 0 unspecified atom stereocenters. The highest BCUT2D eigenvalue weighted by atomic mass is 35.5. The Kier molecular flexibility index (Phi) is 7.42. The summed E-state index contributed by atoms with van der Waals surface area (Å²) in [5, 5.41) is 10.9. The minimum absolute atomic E-state index is 0.0541. The van der Waals surface area contributed by atoms with Crippen molar-refractivity contribution in [1.29, 1.82) is 0 Å². The molecule has 0 aliphatic heterocycles. The minimum Gasteiger partial charge on any atom is -0.495 e. The van der Waals surface area contributed by atoms with Gasteiger partial charge in [-0.05, 0) is 43.5 Å². The lowest BCUT2D eigenvalue weighted by atomic mass is 10.2. The normalized spacial score (nSPS) is 11.2. The van der Waals surface area contributed by atoms with E-state index in [4.69, 9.17) is 16.3 Å². The van der Waals surface area contributed by atoms with Gasteiger partial charge in [-0.3, -0.25) is 14.4 Å². The van der Waals surface area contributed by atoms with Gasteiger partial charge in [-0.2, -0.15) is 0 Å². The molecule has 3 rings (SSSR count). The molecule has 164 valence electrons. The van der Waals surface area contributed by atoms with Crippen molar-refractivity contribution in [3.63, 3.8) is 0 Å². The zero-order valence-corrected chi connectivity index (χ0v) is 20.0. The topological polar surface area (TPSA) is 101 Å². The number of ether oxygens (including phenoxy) is 1. The van der Waals surface area contributed by atoms with E-state index in [1.54, 1.807) is 18.2 Å². The average Bonchev–Trinajstić information content (AvgIpc) is 3.19. The second kappa shape index (κ2) is 9.86. The average molecular weight is 499 g/mol. The predicted octanol–water partition coefficient (Wildman–Crippen LogP) is 4.06. The number of benzene rings is 2. The number of amides is 1. The van der Waals surface area contributed by atoms with Crippen molar-refractivity contribution in [2.24, 2.45) is 0 Å². The first kappa shape index (κ1) is 23.3. The summed E-state index contributed by atoms with van der Waals surface area (Å²) in [5.74, 6) is -0.174. The number of carbonyl (C=O) groups excluding carboxylic acids is 1. The van der Waals surface area contributed by atoms with Gasteiger partial charge >= 0.3 is 0 Å². The number of hydrogen-bond donors (Lipinski definition) is 1. The third-order valence-corrected chi connectivity index (χ3v) is 8.04. The number of anilines is 2. The van der Waals surface area contributed by atoms with E-state index in [9.17, 15) is 13.2 Å².